The molecule has 3 aromatic carbocycles. The van der Waals surface area contributed by atoms with Gasteiger partial charge in [0.15, 0.2) is 15.0 Å². The van der Waals surface area contributed by atoms with Crippen molar-refractivity contribution < 1.29 is 13.2 Å². The second-order valence-corrected chi connectivity index (χ2v) is 11.5. The lowest BCUT2D eigenvalue weighted by Crippen LogP contribution is -2.08. The van der Waals surface area contributed by atoms with Crippen LogP contribution in [0.25, 0.3) is 22.0 Å². The van der Waals surface area contributed by atoms with Gasteiger partial charge in [-0.05, 0) is 53.5 Å². The summed E-state index contributed by atoms with van der Waals surface area (Å²) in [4.78, 5) is 13.4. The highest BCUT2D eigenvalue weighted by Gasteiger charge is 2.18. The van der Waals surface area contributed by atoms with Gasteiger partial charge in [0, 0.05) is 17.8 Å². The highest BCUT2D eigenvalue weighted by atomic mass is 32.2. The van der Waals surface area contributed by atoms with Crippen molar-refractivity contribution in [1.29, 1.82) is 0 Å². The minimum Gasteiger partial charge on any atom is -0.437 e. The van der Waals surface area contributed by atoms with Crippen molar-refractivity contribution >= 4 is 32.4 Å². The first kappa shape index (κ1) is 24.9. The zero-order valence-corrected chi connectivity index (χ0v) is 22.1. The van der Waals surface area contributed by atoms with Crippen LogP contribution < -0.4 is 4.74 Å². The maximum absolute atomic E-state index is 13.1. The Balaban J connectivity index is 1.52. The Bertz CT molecular complexity index is 1670. The first-order valence-electron chi connectivity index (χ1n) is 11.7. The van der Waals surface area contributed by atoms with Crippen LogP contribution >= 0.6 is 11.8 Å². The Morgan fingerprint density at radius 2 is 1.65 bits per heavy atom. The van der Waals surface area contributed by atoms with Gasteiger partial charge in [-0.3, -0.25) is 0 Å². The number of benzene rings is 3. The summed E-state index contributed by atoms with van der Waals surface area (Å²) in [6.07, 6.45) is 5.32. The standard InChI is InChI=1S/C29H25N3O3S2/c1-20-13-14-23-22(19-37(33,34)18-21-8-4-3-5-9-21)10-6-11-24(23)27(20)35-28-25(12-7-16-30-28)26-15-17-31-29(32-26)36-2/h3-17H,18-19H2,1-2H3. The highest BCUT2D eigenvalue weighted by Crippen LogP contribution is 2.38. The summed E-state index contributed by atoms with van der Waals surface area (Å²) in [7, 11) is -3.38. The number of rotatable bonds is 8. The molecule has 37 heavy (non-hydrogen) atoms. The zero-order chi connectivity index (χ0) is 25.8. The lowest BCUT2D eigenvalue weighted by atomic mass is 10.0. The maximum atomic E-state index is 13.1. The number of sulfone groups is 1. The number of thioether (sulfide) groups is 1. The predicted octanol–water partition coefficient (Wildman–Crippen LogP) is 6.63. The van der Waals surface area contributed by atoms with Gasteiger partial charge in [0.25, 0.3) is 0 Å². The van der Waals surface area contributed by atoms with E-state index in [1.165, 1.54) is 11.8 Å². The second kappa shape index (κ2) is 10.7. The zero-order valence-electron chi connectivity index (χ0n) is 20.5. The fourth-order valence-electron chi connectivity index (χ4n) is 4.23. The van der Waals surface area contributed by atoms with Crippen LogP contribution in [0.5, 0.6) is 11.6 Å². The van der Waals surface area contributed by atoms with Crippen molar-refractivity contribution in [1.82, 2.24) is 15.0 Å². The first-order chi connectivity index (χ1) is 17.9. The van der Waals surface area contributed by atoms with Crippen molar-refractivity contribution in [3.8, 4) is 22.9 Å². The molecule has 6 nitrogen and oxygen atoms in total. The minimum atomic E-state index is -3.38. The molecule has 0 saturated carbocycles. The molecule has 2 heterocycles. The number of aryl methyl sites for hydroxylation is 1. The van der Waals surface area contributed by atoms with E-state index in [0.29, 0.717) is 22.5 Å². The maximum Gasteiger partial charge on any atom is 0.228 e. The Hall–Kier alpha value is -3.75. The van der Waals surface area contributed by atoms with Gasteiger partial charge in [0.1, 0.15) is 5.75 Å². The fourth-order valence-corrected chi connectivity index (χ4v) is 6.12. The molecule has 0 amide bonds. The molecular weight excluding hydrogens is 502 g/mol. The molecule has 0 aliphatic heterocycles. The highest BCUT2D eigenvalue weighted by molar-refractivity contribution is 7.98. The summed E-state index contributed by atoms with van der Waals surface area (Å²) in [5.41, 5.74) is 3.90. The number of hydrogen-bond acceptors (Lipinski definition) is 7. The van der Waals surface area contributed by atoms with E-state index in [1.54, 1.807) is 12.4 Å². The monoisotopic (exact) mass is 527 g/mol. The van der Waals surface area contributed by atoms with Gasteiger partial charge in [-0.25, -0.2) is 23.4 Å². The van der Waals surface area contributed by atoms with E-state index in [9.17, 15) is 8.42 Å². The summed E-state index contributed by atoms with van der Waals surface area (Å²) in [5.74, 6) is 0.993. The van der Waals surface area contributed by atoms with Crippen LogP contribution in [0.3, 0.4) is 0 Å². The van der Waals surface area contributed by atoms with E-state index in [4.69, 9.17) is 4.74 Å². The number of ether oxygens (including phenoxy) is 1. The summed E-state index contributed by atoms with van der Waals surface area (Å²) >= 11 is 1.47. The van der Waals surface area contributed by atoms with Crippen LogP contribution in [-0.4, -0.2) is 29.6 Å². The Labute approximate surface area is 220 Å². The third-order valence-electron chi connectivity index (χ3n) is 5.97. The van der Waals surface area contributed by atoms with Gasteiger partial charge in [-0.2, -0.15) is 0 Å². The van der Waals surface area contributed by atoms with Crippen LogP contribution in [0, 0.1) is 6.92 Å². The number of nitrogens with zero attached hydrogens (tertiary/aromatic N) is 3. The van der Waals surface area contributed by atoms with E-state index in [-0.39, 0.29) is 11.5 Å². The molecule has 8 heteroatoms. The van der Waals surface area contributed by atoms with Gasteiger partial charge < -0.3 is 4.74 Å². The average molecular weight is 528 g/mol. The molecule has 0 N–H and O–H groups in total. The van der Waals surface area contributed by atoms with E-state index >= 15 is 0 Å². The molecule has 0 atom stereocenters. The third-order valence-corrected chi connectivity index (χ3v) is 8.05. The number of fused-ring (bicyclic) bond motifs is 1. The Morgan fingerprint density at radius 3 is 2.46 bits per heavy atom. The van der Waals surface area contributed by atoms with Gasteiger partial charge in [-0.1, -0.05) is 72.4 Å². The first-order valence-corrected chi connectivity index (χ1v) is 14.7. The summed E-state index contributed by atoms with van der Waals surface area (Å²) in [6, 6.07) is 24.4. The molecule has 186 valence electrons. The minimum absolute atomic E-state index is 0.00624. The number of hydrogen-bond donors (Lipinski definition) is 0. The Kier molecular flexibility index (Phi) is 7.21. The Morgan fingerprint density at radius 1 is 0.811 bits per heavy atom. The largest absolute Gasteiger partial charge is 0.437 e. The summed E-state index contributed by atoms with van der Waals surface area (Å²) < 4.78 is 32.5. The van der Waals surface area contributed by atoms with Crippen molar-refractivity contribution in [2.75, 3.05) is 6.26 Å². The molecule has 0 aliphatic carbocycles. The van der Waals surface area contributed by atoms with Gasteiger partial charge >= 0.3 is 0 Å². The van der Waals surface area contributed by atoms with Crippen molar-refractivity contribution in [2.45, 2.75) is 23.6 Å². The smallest absolute Gasteiger partial charge is 0.228 e. The molecule has 5 rings (SSSR count). The van der Waals surface area contributed by atoms with E-state index in [0.717, 1.165) is 33.0 Å². The average Bonchev–Trinajstić information content (AvgIpc) is 2.91. The lowest BCUT2D eigenvalue weighted by molar-refractivity contribution is 0.466. The molecule has 0 fully saturated rings. The van der Waals surface area contributed by atoms with E-state index in [1.807, 2.05) is 92.0 Å². The predicted molar refractivity (Wildman–Crippen MR) is 149 cm³/mol. The molecule has 0 unspecified atom stereocenters. The third kappa shape index (κ3) is 5.65. The molecular formula is C29H25N3O3S2. The van der Waals surface area contributed by atoms with E-state index in [2.05, 4.69) is 15.0 Å². The van der Waals surface area contributed by atoms with Gasteiger partial charge in [0.05, 0.1) is 22.8 Å². The molecule has 0 saturated heterocycles. The normalized spacial score (nSPS) is 11.5. The quantitative estimate of drug-likeness (QED) is 0.165. The molecule has 0 bridgehead atoms. The van der Waals surface area contributed by atoms with Crippen LogP contribution in [0.15, 0.2) is 96.4 Å². The van der Waals surface area contributed by atoms with Crippen molar-refractivity contribution in [2.24, 2.45) is 0 Å². The van der Waals surface area contributed by atoms with Crippen molar-refractivity contribution in [3.63, 3.8) is 0 Å². The van der Waals surface area contributed by atoms with Gasteiger partial charge in [-0.15, -0.1) is 0 Å². The summed E-state index contributed by atoms with van der Waals surface area (Å²) in [6.45, 7) is 1.97. The topological polar surface area (TPSA) is 82.0 Å². The fraction of sp³-hybridized carbons (Fsp3) is 0.138. The molecule has 0 spiro atoms. The van der Waals surface area contributed by atoms with Crippen LogP contribution in [0.1, 0.15) is 16.7 Å². The van der Waals surface area contributed by atoms with Crippen LogP contribution in [-0.2, 0) is 21.3 Å². The molecule has 0 radical (unpaired) electrons. The van der Waals surface area contributed by atoms with Crippen LogP contribution in [0.4, 0.5) is 0 Å². The molecule has 0 aliphatic rings. The van der Waals surface area contributed by atoms with E-state index < -0.39 is 9.84 Å². The lowest BCUT2D eigenvalue weighted by Gasteiger charge is -2.16. The SMILES string of the molecule is CSc1nccc(-c2cccnc2Oc2c(C)ccc3c(CS(=O)(=O)Cc4ccccc4)cccc23)n1. The van der Waals surface area contributed by atoms with Gasteiger partial charge in [0.2, 0.25) is 5.88 Å². The molecule has 5 aromatic rings. The van der Waals surface area contributed by atoms with Crippen molar-refractivity contribution in [3.05, 3.63) is 108 Å². The summed E-state index contributed by atoms with van der Waals surface area (Å²) in [5, 5.41) is 2.33. The molecule has 2 aromatic heterocycles. The number of aromatic nitrogens is 3. The second-order valence-electron chi connectivity index (χ2n) is 8.63. The van der Waals surface area contributed by atoms with Crippen LogP contribution in [0.2, 0.25) is 0 Å². The number of pyridine rings is 1.